The first-order chi connectivity index (χ1) is 15.6. The predicted octanol–water partition coefficient (Wildman–Crippen LogP) is 2.46. The van der Waals surface area contributed by atoms with E-state index >= 15 is 0 Å². The van der Waals surface area contributed by atoms with Gasteiger partial charge in [0.15, 0.2) is 11.5 Å². The van der Waals surface area contributed by atoms with E-state index in [4.69, 9.17) is 14.2 Å². The molecule has 0 aromatic heterocycles. The van der Waals surface area contributed by atoms with Crippen molar-refractivity contribution in [3.05, 3.63) is 53.6 Å². The third kappa shape index (κ3) is 5.63. The number of methoxy groups -OCH3 is 1. The van der Waals surface area contributed by atoms with Gasteiger partial charge in [-0.25, -0.2) is 4.79 Å². The van der Waals surface area contributed by atoms with Crippen LogP contribution in [0, 0.1) is 0 Å². The zero-order valence-corrected chi connectivity index (χ0v) is 18.4. The Hall–Kier alpha value is -2.97. The van der Waals surface area contributed by atoms with E-state index in [0.29, 0.717) is 43.4 Å². The summed E-state index contributed by atoms with van der Waals surface area (Å²) in [5.41, 5.74) is 1.62. The molecule has 1 fully saturated rings. The van der Waals surface area contributed by atoms with Gasteiger partial charge < -0.3 is 34.9 Å². The topological polar surface area (TPSA) is 92.3 Å². The zero-order valence-electron chi connectivity index (χ0n) is 18.4. The van der Waals surface area contributed by atoms with Gasteiger partial charge in [0, 0.05) is 13.1 Å². The van der Waals surface area contributed by atoms with Gasteiger partial charge in [-0.2, -0.15) is 0 Å². The Labute approximate surface area is 188 Å². The highest BCUT2D eigenvalue weighted by Gasteiger charge is 2.27. The molecule has 8 nitrogen and oxygen atoms in total. The standard InChI is InChI=1S/C24H31N3O5/c1-30-19-6-4-5-17(13-19)15-25-24(29)26-20(16-27-9-2-3-10-27)23(28)18-7-8-21-22(14-18)32-12-11-31-21/h4-8,13-14,20,23,28H,2-3,9-12,15-16H2,1H3,(H2,25,26,29). The fourth-order valence-electron chi connectivity index (χ4n) is 4.13. The molecule has 0 saturated carbocycles. The van der Waals surface area contributed by atoms with Crippen molar-refractivity contribution < 1.29 is 24.1 Å². The first-order valence-corrected chi connectivity index (χ1v) is 11.1. The molecule has 32 heavy (non-hydrogen) atoms. The summed E-state index contributed by atoms with van der Waals surface area (Å²) in [5, 5.41) is 17.0. The number of amides is 2. The van der Waals surface area contributed by atoms with Crippen LogP contribution in [0.15, 0.2) is 42.5 Å². The average Bonchev–Trinajstić information content (AvgIpc) is 3.35. The number of carbonyl (C=O) groups excluding carboxylic acids is 1. The number of ether oxygens (including phenoxy) is 3. The minimum absolute atomic E-state index is 0.325. The first-order valence-electron chi connectivity index (χ1n) is 11.1. The van der Waals surface area contributed by atoms with Crippen molar-refractivity contribution in [3.63, 3.8) is 0 Å². The Balaban J connectivity index is 1.42. The Morgan fingerprint density at radius 2 is 1.91 bits per heavy atom. The summed E-state index contributed by atoms with van der Waals surface area (Å²) in [6.45, 7) is 3.87. The van der Waals surface area contributed by atoms with Crippen LogP contribution >= 0.6 is 0 Å². The maximum atomic E-state index is 12.7. The molecule has 2 amide bonds. The molecular weight excluding hydrogens is 410 g/mol. The zero-order chi connectivity index (χ0) is 22.3. The maximum Gasteiger partial charge on any atom is 0.315 e. The highest BCUT2D eigenvalue weighted by molar-refractivity contribution is 5.74. The number of benzene rings is 2. The SMILES string of the molecule is COc1cccc(CNC(=O)NC(CN2CCCC2)C(O)c2ccc3c(c2)OCCO3)c1. The molecule has 172 valence electrons. The van der Waals surface area contributed by atoms with Crippen LogP contribution in [0.4, 0.5) is 4.79 Å². The molecule has 2 aromatic carbocycles. The van der Waals surface area contributed by atoms with Crippen molar-refractivity contribution in [1.82, 2.24) is 15.5 Å². The third-order valence-corrected chi connectivity index (χ3v) is 5.85. The van der Waals surface area contributed by atoms with Crippen LogP contribution in [0.5, 0.6) is 17.2 Å². The second kappa shape index (κ2) is 10.6. The van der Waals surface area contributed by atoms with E-state index in [9.17, 15) is 9.90 Å². The molecule has 2 heterocycles. The molecule has 2 atom stereocenters. The monoisotopic (exact) mass is 441 g/mol. The Kier molecular flexibility index (Phi) is 7.34. The van der Waals surface area contributed by atoms with Crippen LogP contribution in [0.25, 0.3) is 0 Å². The van der Waals surface area contributed by atoms with Crippen LogP contribution in [0.3, 0.4) is 0 Å². The van der Waals surface area contributed by atoms with Crippen molar-refractivity contribution in [2.75, 3.05) is 40.0 Å². The van der Waals surface area contributed by atoms with Gasteiger partial charge in [0.2, 0.25) is 0 Å². The molecule has 1 saturated heterocycles. The van der Waals surface area contributed by atoms with E-state index in [1.807, 2.05) is 36.4 Å². The van der Waals surface area contributed by atoms with E-state index in [1.165, 1.54) is 0 Å². The number of aliphatic hydroxyl groups excluding tert-OH is 1. The Morgan fingerprint density at radius 3 is 2.69 bits per heavy atom. The summed E-state index contributed by atoms with van der Waals surface area (Å²) in [4.78, 5) is 15.0. The molecule has 2 unspecified atom stereocenters. The molecule has 2 aromatic rings. The number of fused-ring (bicyclic) bond motifs is 1. The number of hydrogen-bond donors (Lipinski definition) is 3. The smallest absolute Gasteiger partial charge is 0.315 e. The van der Waals surface area contributed by atoms with E-state index in [0.717, 1.165) is 37.2 Å². The lowest BCUT2D eigenvalue weighted by molar-refractivity contribution is 0.108. The molecule has 2 aliphatic heterocycles. The molecule has 3 N–H and O–H groups in total. The number of rotatable bonds is 8. The lowest BCUT2D eigenvalue weighted by Crippen LogP contribution is -2.49. The number of urea groups is 1. The van der Waals surface area contributed by atoms with Crippen molar-refractivity contribution >= 4 is 6.03 Å². The fraction of sp³-hybridized carbons (Fsp3) is 0.458. The normalized spacial score (nSPS) is 17.4. The molecule has 2 aliphatic rings. The van der Waals surface area contributed by atoms with Gasteiger partial charge in [-0.05, 0) is 61.3 Å². The summed E-state index contributed by atoms with van der Waals surface area (Å²) in [6.07, 6.45) is 1.39. The van der Waals surface area contributed by atoms with Gasteiger partial charge in [-0.15, -0.1) is 0 Å². The lowest BCUT2D eigenvalue weighted by Gasteiger charge is -2.29. The highest BCUT2D eigenvalue weighted by Crippen LogP contribution is 2.33. The van der Waals surface area contributed by atoms with Gasteiger partial charge in [-0.1, -0.05) is 18.2 Å². The van der Waals surface area contributed by atoms with E-state index in [2.05, 4.69) is 15.5 Å². The van der Waals surface area contributed by atoms with E-state index in [-0.39, 0.29) is 6.03 Å². The summed E-state index contributed by atoms with van der Waals surface area (Å²) < 4.78 is 16.5. The van der Waals surface area contributed by atoms with Gasteiger partial charge in [0.1, 0.15) is 25.1 Å². The van der Waals surface area contributed by atoms with E-state index < -0.39 is 12.1 Å². The molecule has 0 bridgehead atoms. The summed E-state index contributed by atoms with van der Waals surface area (Å²) in [5.74, 6) is 2.04. The third-order valence-electron chi connectivity index (χ3n) is 5.85. The summed E-state index contributed by atoms with van der Waals surface area (Å²) >= 11 is 0. The van der Waals surface area contributed by atoms with Gasteiger partial charge in [0.05, 0.1) is 13.2 Å². The molecule has 4 rings (SSSR count). The molecule has 0 aliphatic carbocycles. The fourth-order valence-corrected chi connectivity index (χ4v) is 4.13. The minimum atomic E-state index is -0.881. The number of likely N-dealkylation sites (tertiary alicyclic amines) is 1. The van der Waals surface area contributed by atoms with Gasteiger partial charge in [0.25, 0.3) is 0 Å². The lowest BCUT2D eigenvalue weighted by atomic mass is 10.0. The average molecular weight is 442 g/mol. The van der Waals surface area contributed by atoms with Crippen molar-refractivity contribution in [1.29, 1.82) is 0 Å². The molecule has 8 heteroatoms. The van der Waals surface area contributed by atoms with Crippen molar-refractivity contribution in [2.45, 2.75) is 31.5 Å². The first kappa shape index (κ1) is 22.2. The molecular formula is C24H31N3O5. The second-order valence-electron chi connectivity index (χ2n) is 8.14. The summed E-state index contributed by atoms with van der Waals surface area (Å²) in [7, 11) is 1.61. The van der Waals surface area contributed by atoms with Crippen LogP contribution in [-0.2, 0) is 6.54 Å². The van der Waals surface area contributed by atoms with Crippen LogP contribution in [0.2, 0.25) is 0 Å². The Bertz CT molecular complexity index is 916. The van der Waals surface area contributed by atoms with Crippen LogP contribution in [0.1, 0.15) is 30.1 Å². The number of hydrogen-bond acceptors (Lipinski definition) is 6. The van der Waals surface area contributed by atoms with Gasteiger partial charge >= 0.3 is 6.03 Å². The Morgan fingerprint density at radius 1 is 1.12 bits per heavy atom. The number of nitrogens with zero attached hydrogens (tertiary/aromatic N) is 1. The van der Waals surface area contributed by atoms with E-state index in [1.54, 1.807) is 13.2 Å². The van der Waals surface area contributed by atoms with Gasteiger partial charge in [-0.3, -0.25) is 0 Å². The van der Waals surface area contributed by atoms with Crippen LogP contribution < -0.4 is 24.8 Å². The second-order valence-corrected chi connectivity index (χ2v) is 8.14. The minimum Gasteiger partial charge on any atom is -0.497 e. The highest BCUT2D eigenvalue weighted by atomic mass is 16.6. The maximum absolute atomic E-state index is 12.7. The summed E-state index contributed by atoms with van der Waals surface area (Å²) in [6, 6.07) is 12.2. The number of aliphatic hydroxyl groups is 1. The quantitative estimate of drug-likeness (QED) is 0.583. The van der Waals surface area contributed by atoms with Crippen molar-refractivity contribution in [2.24, 2.45) is 0 Å². The predicted molar refractivity (Wildman–Crippen MR) is 120 cm³/mol. The largest absolute Gasteiger partial charge is 0.497 e. The number of carbonyl (C=O) groups is 1. The number of nitrogens with one attached hydrogen (secondary N) is 2. The molecule has 0 spiro atoms. The molecule has 0 radical (unpaired) electrons. The van der Waals surface area contributed by atoms with Crippen molar-refractivity contribution in [3.8, 4) is 17.2 Å². The van der Waals surface area contributed by atoms with Crippen LogP contribution in [-0.4, -0.2) is 62.0 Å².